The normalized spacial score (nSPS) is 17.9. The van der Waals surface area contributed by atoms with Crippen molar-refractivity contribution in [2.75, 3.05) is 25.2 Å². The lowest BCUT2D eigenvalue weighted by molar-refractivity contribution is -0.122. The monoisotopic (exact) mass is 415 g/mol. The highest BCUT2D eigenvalue weighted by molar-refractivity contribution is 14.1. The third-order valence-corrected chi connectivity index (χ3v) is 5.69. The predicted octanol–water partition coefficient (Wildman–Crippen LogP) is 2.81. The zero-order valence-corrected chi connectivity index (χ0v) is 14.4. The van der Waals surface area contributed by atoms with Crippen molar-refractivity contribution in [3.8, 4) is 10.6 Å². The van der Waals surface area contributed by atoms with Crippen LogP contribution < -0.4 is 4.90 Å². The standard InChI is InChI=1S/C14H14IN3O2S/c1-18(13(19)10-4-6-20-8-10)14-11(15)17-12(21-14)9-3-2-5-16-7-9/h2-3,5,7,10H,4,6,8H2,1H3. The molecule has 7 heteroatoms. The molecule has 0 radical (unpaired) electrons. The second-order valence-electron chi connectivity index (χ2n) is 4.81. The fourth-order valence-electron chi connectivity index (χ4n) is 2.22. The summed E-state index contributed by atoms with van der Waals surface area (Å²) in [4.78, 5) is 22.8. The van der Waals surface area contributed by atoms with Crippen molar-refractivity contribution >= 4 is 44.8 Å². The van der Waals surface area contributed by atoms with E-state index >= 15 is 0 Å². The van der Waals surface area contributed by atoms with Crippen LogP contribution in [0.15, 0.2) is 24.5 Å². The molecule has 5 nitrogen and oxygen atoms in total. The summed E-state index contributed by atoms with van der Waals surface area (Å²) in [5.74, 6) is 0.0709. The fraction of sp³-hybridized carbons (Fsp3) is 0.357. The molecule has 1 unspecified atom stereocenters. The van der Waals surface area contributed by atoms with Crippen LogP contribution in [0.2, 0.25) is 0 Å². The minimum atomic E-state index is -0.0326. The maximum absolute atomic E-state index is 12.5. The van der Waals surface area contributed by atoms with Gasteiger partial charge in [0, 0.05) is 31.6 Å². The van der Waals surface area contributed by atoms with Gasteiger partial charge in [-0.05, 0) is 41.1 Å². The lowest BCUT2D eigenvalue weighted by Gasteiger charge is -2.18. The number of nitrogens with zero attached hydrogens (tertiary/aromatic N) is 3. The minimum absolute atomic E-state index is 0.0326. The van der Waals surface area contributed by atoms with Gasteiger partial charge in [0.05, 0.1) is 12.5 Å². The van der Waals surface area contributed by atoms with E-state index in [1.165, 1.54) is 11.3 Å². The number of pyridine rings is 1. The van der Waals surface area contributed by atoms with Crippen LogP contribution in [0.25, 0.3) is 10.6 Å². The van der Waals surface area contributed by atoms with Crippen LogP contribution in [0, 0.1) is 9.62 Å². The van der Waals surface area contributed by atoms with Crippen molar-refractivity contribution in [2.45, 2.75) is 6.42 Å². The molecule has 3 heterocycles. The summed E-state index contributed by atoms with van der Waals surface area (Å²) < 4.78 is 6.14. The molecule has 0 aliphatic carbocycles. The zero-order chi connectivity index (χ0) is 14.8. The lowest BCUT2D eigenvalue weighted by atomic mass is 10.1. The summed E-state index contributed by atoms with van der Waals surface area (Å²) in [5, 5.41) is 1.76. The molecule has 0 saturated carbocycles. The average molecular weight is 415 g/mol. The highest BCUT2D eigenvalue weighted by Crippen LogP contribution is 2.35. The van der Waals surface area contributed by atoms with Crippen molar-refractivity contribution in [3.05, 3.63) is 28.2 Å². The van der Waals surface area contributed by atoms with E-state index < -0.39 is 0 Å². The lowest BCUT2D eigenvalue weighted by Crippen LogP contribution is -2.33. The number of hydrogen-bond acceptors (Lipinski definition) is 5. The summed E-state index contributed by atoms with van der Waals surface area (Å²) in [6, 6.07) is 3.85. The van der Waals surface area contributed by atoms with Gasteiger partial charge in [-0.3, -0.25) is 9.78 Å². The molecule has 3 rings (SSSR count). The van der Waals surface area contributed by atoms with Crippen LogP contribution in [-0.2, 0) is 9.53 Å². The summed E-state index contributed by atoms with van der Waals surface area (Å²) in [6.07, 6.45) is 4.32. The number of carbonyl (C=O) groups is 1. The molecule has 1 atom stereocenters. The smallest absolute Gasteiger partial charge is 0.232 e. The van der Waals surface area contributed by atoms with Gasteiger partial charge < -0.3 is 9.64 Å². The molecule has 0 spiro atoms. The molecule has 1 fully saturated rings. The molecule has 1 saturated heterocycles. The van der Waals surface area contributed by atoms with Crippen LogP contribution >= 0.6 is 33.9 Å². The van der Waals surface area contributed by atoms with Crippen molar-refractivity contribution in [2.24, 2.45) is 5.92 Å². The Bertz CT molecular complexity index is 641. The Morgan fingerprint density at radius 1 is 1.57 bits per heavy atom. The van der Waals surface area contributed by atoms with Crippen LogP contribution in [0.5, 0.6) is 0 Å². The van der Waals surface area contributed by atoms with E-state index in [1.54, 1.807) is 17.3 Å². The van der Waals surface area contributed by atoms with E-state index in [1.807, 2.05) is 19.2 Å². The third kappa shape index (κ3) is 3.09. The van der Waals surface area contributed by atoms with Gasteiger partial charge in [-0.1, -0.05) is 11.3 Å². The maximum atomic E-state index is 12.5. The Morgan fingerprint density at radius 3 is 3.10 bits per heavy atom. The number of anilines is 1. The molecule has 0 N–H and O–H groups in total. The van der Waals surface area contributed by atoms with Crippen molar-refractivity contribution < 1.29 is 9.53 Å². The number of carbonyl (C=O) groups excluding carboxylic acids is 1. The van der Waals surface area contributed by atoms with Gasteiger partial charge in [0.2, 0.25) is 5.91 Å². The van der Waals surface area contributed by atoms with Crippen LogP contribution in [0.1, 0.15) is 6.42 Å². The summed E-state index contributed by atoms with van der Waals surface area (Å²) in [5.41, 5.74) is 0.969. The SMILES string of the molecule is CN(C(=O)C1CCOC1)c1sc(-c2cccnc2)nc1I. The molecule has 1 aliphatic rings. The molecular formula is C14H14IN3O2S. The second-order valence-corrected chi connectivity index (χ2v) is 6.81. The van der Waals surface area contributed by atoms with Gasteiger partial charge in [0.25, 0.3) is 0 Å². The van der Waals surface area contributed by atoms with E-state index in [4.69, 9.17) is 4.74 Å². The Balaban J connectivity index is 1.85. The van der Waals surface area contributed by atoms with Gasteiger partial charge in [0.15, 0.2) is 0 Å². The Kier molecular flexibility index (Phi) is 4.51. The molecule has 21 heavy (non-hydrogen) atoms. The summed E-state index contributed by atoms with van der Waals surface area (Å²) in [6.45, 7) is 1.19. The predicted molar refractivity (Wildman–Crippen MR) is 90.4 cm³/mol. The number of rotatable bonds is 3. The van der Waals surface area contributed by atoms with E-state index in [-0.39, 0.29) is 11.8 Å². The summed E-state index contributed by atoms with van der Waals surface area (Å²) in [7, 11) is 1.81. The van der Waals surface area contributed by atoms with Gasteiger partial charge >= 0.3 is 0 Å². The highest BCUT2D eigenvalue weighted by Gasteiger charge is 2.29. The van der Waals surface area contributed by atoms with Gasteiger partial charge in [0.1, 0.15) is 13.7 Å². The largest absolute Gasteiger partial charge is 0.381 e. The topological polar surface area (TPSA) is 55.3 Å². The first-order valence-corrected chi connectivity index (χ1v) is 8.48. The van der Waals surface area contributed by atoms with Gasteiger partial charge in [-0.2, -0.15) is 0 Å². The van der Waals surface area contributed by atoms with E-state index in [0.717, 1.165) is 25.7 Å². The number of halogens is 1. The van der Waals surface area contributed by atoms with Crippen LogP contribution in [0.4, 0.5) is 5.00 Å². The second kappa shape index (κ2) is 6.37. The summed E-state index contributed by atoms with van der Waals surface area (Å²) >= 11 is 3.69. The average Bonchev–Trinajstić information content (AvgIpc) is 3.16. The van der Waals surface area contributed by atoms with E-state index in [0.29, 0.717) is 13.2 Å². The van der Waals surface area contributed by atoms with Crippen molar-refractivity contribution in [3.63, 3.8) is 0 Å². The molecule has 110 valence electrons. The number of amides is 1. The molecule has 2 aromatic rings. The van der Waals surface area contributed by atoms with Crippen molar-refractivity contribution in [1.82, 2.24) is 9.97 Å². The molecule has 1 amide bonds. The fourth-order valence-corrected chi connectivity index (χ4v) is 4.23. The van der Waals surface area contributed by atoms with E-state index in [9.17, 15) is 4.79 Å². The molecule has 2 aromatic heterocycles. The number of ether oxygens (including phenoxy) is 1. The first-order valence-electron chi connectivity index (χ1n) is 6.59. The minimum Gasteiger partial charge on any atom is -0.381 e. The molecule has 1 aliphatic heterocycles. The van der Waals surface area contributed by atoms with E-state index in [2.05, 4.69) is 32.6 Å². The Hall–Kier alpha value is -1.06. The Labute approximate surface area is 140 Å². The molecule has 0 bridgehead atoms. The Morgan fingerprint density at radius 2 is 2.43 bits per heavy atom. The number of thiazole rings is 1. The maximum Gasteiger partial charge on any atom is 0.232 e. The quantitative estimate of drug-likeness (QED) is 0.724. The highest BCUT2D eigenvalue weighted by atomic mass is 127. The first kappa shape index (κ1) is 14.9. The first-order chi connectivity index (χ1) is 10.2. The van der Waals surface area contributed by atoms with Crippen LogP contribution in [-0.4, -0.2) is 36.1 Å². The van der Waals surface area contributed by atoms with Crippen LogP contribution in [0.3, 0.4) is 0 Å². The van der Waals surface area contributed by atoms with Gasteiger partial charge in [-0.15, -0.1) is 0 Å². The van der Waals surface area contributed by atoms with Gasteiger partial charge in [-0.25, -0.2) is 4.98 Å². The zero-order valence-electron chi connectivity index (χ0n) is 11.5. The number of hydrogen-bond donors (Lipinski definition) is 0. The van der Waals surface area contributed by atoms with Crippen molar-refractivity contribution in [1.29, 1.82) is 0 Å². The number of aromatic nitrogens is 2. The molecular weight excluding hydrogens is 401 g/mol. The third-order valence-electron chi connectivity index (χ3n) is 3.39. The molecule has 0 aromatic carbocycles.